The Morgan fingerprint density at radius 1 is 1.15 bits per heavy atom. The lowest BCUT2D eigenvalue weighted by Crippen LogP contribution is -2.36. The van der Waals surface area contributed by atoms with Crippen LogP contribution < -0.4 is 11.1 Å². The maximum absolute atomic E-state index is 12.2. The number of rotatable bonds is 8. The minimum Gasteiger partial charge on any atom is -0.352 e. The second-order valence-electron chi connectivity index (χ2n) is 8.35. The normalized spacial score (nSPS) is 12.8. The van der Waals surface area contributed by atoms with Crippen LogP contribution in [0.4, 0.5) is 0 Å². The molecule has 5 heteroatoms. The number of nitrogens with two attached hydrogens (primary N) is 1. The van der Waals surface area contributed by atoms with E-state index in [-0.39, 0.29) is 23.3 Å². The molecule has 0 aromatic heterocycles. The molecule has 0 spiro atoms. The van der Waals surface area contributed by atoms with Gasteiger partial charge in [-0.1, -0.05) is 46.8 Å². The fraction of sp³-hybridized carbons (Fsp3) is 0.619. The van der Waals surface area contributed by atoms with Gasteiger partial charge in [-0.3, -0.25) is 9.59 Å². The SMILES string of the molecule is CC(C)C(N)CCN(C)C(=O)CCNC(=O)c1ccc(C(C)(C)C)cc1. The summed E-state index contributed by atoms with van der Waals surface area (Å²) in [5.41, 5.74) is 7.87. The van der Waals surface area contributed by atoms with Crippen LogP contribution >= 0.6 is 0 Å². The lowest BCUT2D eigenvalue weighted by molar-refractivity contribution is -0.129. The van der Waals surface area contributed by atoms with Gasteiger partial charge >= 0.3 is 0 Å². The second-order valence-corrected chi connectivity index (χ2v) is 8.35. The third-order valence-electron chi connectivity index (χ3n) is 4.72. The molecule has 146 valence electrons. The Labute approximate surface area is 158 Å². The van der Waals surface area contributed by atoms with Crippen LogP contribution in [-0.2, 0) is 10.2 Å². The number of amides is 2. The molecule has 0 aliphatic rings. The van der Waals surface area contributed by atoms with E-state index in [1.807, 2.05) is 24.3 Å². The molecule has 1 atom stereocenters. The van der Waals surface area contributed by atoms with E-state index in [1.165, 1.54) is 5.56 Å². The summed E-state index contributed by atoms with van der Waals surface area (Å²) < 4.78 is 0. The van der Waals surface area contributed by atoms with Crippen molar-refractivity contribution in [2.24, 2.45) is 11.7 Å². The number of carbonyl (C=O) groups excluding carboxylic acids is 2. The molecule has 1 aromatic rings. The van der Waals surface area contributed by atoms with Crippen molar-refractivity contribution in [3.63, 3.8) is 0 Å². The molecule has 26 heavy (non-hydrogen) atoms. The Balaban J connectivity index is 2.40. The van der Waals surface area contributed by atoms with E-state index in [1.54, 1.807) is 11.9 Å². The van der Waals surface area contributed by atoms with Crippen LogP contribution in [0.5, 0.6) is 0 Å². The molecule has 1 aromatic carbocycles. The van der Waals surface area contributed by atoms with Gasteiger partial charge in [0.05, 0.1) is 0 Å². The summed E-state index contributed by atoms with van der Waals surface area (Å²) in [6.07, 6.45) is 1.08. The minimum absolute atomic E-state index is 0.0179. The first-order chi connectivity index (χ1) is 12.0. The summed E-state index contributed by atoms with van der Waals surface area (Å²) in [6.45, 7) is 11.5. The van der Waals surface area contributed by atoms with Crippen molar-refractivity contribution < 1.29 is 9.59 Å². The van der Waals surface area contributed by atoms with E-state index < -0.39 is 0 Å². The average molecular weight is 362 g/mol. The molecule has 5 nitrogen and oxygen atoms in total. The van der Waals surface area contributed by atoms with Gasteiger partial charge in [0.2, 0.25) is 5.91 Å². The van der Waals surface area contributed by atoms with E-state index in [9.17, 15) is 9.59 Å². The Bertz CT molecular complexity index is 588. The first-order valence-electron chi connectivity index (χ1n) is 9.40. The number of carbonyl (C=O) groups is 2. The van der Waals surface area contributed by atoms with E-state index in [4.69, 9.17) is 5.73 Å². The lowest BCUT2D eigenvalue weighted by Gasteiger charge is -2.21. The average Bonchev–Trinajstić information content (AvgIpc) is 2.58. The van der Waals surface area contributed by atoms with Crippen molar-refractivity contribution in [3.05, 3.63) is 35.4 Å². The van der Waals surface area contributed by atoms with Crippen LogP contribution in [0.3, 0.4) is 0 Å². The Morgan fingerprint density at radius 3 is 2.23 bits per heavy atom. The molecule has 0 fully saturated rings. The van der Waals surface area contributed by atoms with Crippen LogP contribution in [0.1, 0.15) is 63.4 Å². The molecule has 0 aliphatic carbocycles. The predicted octanol–water partition coefficient (Wildman–Crippen LogP) is 2.94. The molecular formula is C21H35N3O2. The van der Waals surface area contributed by atoms with Gasteiger partial charge in [-0.2, -0.15) is 0 Å². The van der Waals surface area contributed by atoms with Gasteiger partial charge in [-0.25, -0.2) is 0 Å². The number of hydrogen-bond donors (Lipinski definition) is 2. The van der Waals surface area contributed by atoms with Crippen LogP contribution in [-0.4, -0.2) is 42.9 Å². The lowest BCUT2D eigenvalue weighted by atomic mass is 9.87. The van der Waals surface area contributed by atoms with E-state index in [2.05, 4.69) is 39.9 Å². The van der Waals surface area contributed by atoms with Crippen molar-refractivity contribution in [3.8, 4) is 0 Å². The summed E-state index contributed by atoms with van der Waals surface area (Å²) in [5, 5.41) is 2.81. The maximum Gasteiger partial charge on any atom is 0.251 e. The monoisotopic (exact) mass is 361 g/mol. The zero-order valence-corrected chi connectivity index (χ0v) is 17.1. The third-order valence-corrected chi connectivity index (χ3v) is 4.72. The Morgan fingerprint density at radius 2 is 1.73 bits per heavy atom. The van der Waals surface area contributed by atoms with Crippen molar-refractivity contribution >= 4 is 11.8 Å². The van der Waals surface area contributed by atoms with Crippen molar-refractivity contribution in [2.75, 3.05) is 20.1 Å². The third kappa shape index (κ3) is 7.16. The van der Waals surface area contributed by atoms with Gasteiger partial charge in [-0.05, 0) is 35.4 Å². The fourth-order valence-electron chi connectivity index (χ4n) is 2.50. The number of nitrogens with zero attached hydrogens (tertiary/aromatic N) is 1. The van der Waals surface area contributed by atoms with Gasteiger partial charge < -0.3 is 16.0 Å². The molecule has 0 aliphatic heterocycles. The summed E-state index contributed by atoms with van der Waals surface area (Å²) in [7, 11) is 1.78. The van der Waals surface area contributed by atoms with Crippen molar-refractivity contribution in [1.82, 2.24) is 10.2 Å². The topological polar surface area (TPSA) is 75.4 Å². The van der Waals surface area contributed by atoms with Crippen molar-refractivity contribution in [1.29, 1.82) is 0 Å². The van der Waals surface area contributed by atoms with Crippen LogP contribution in [0, 0.1) is 5.92 Å². The van der Waals surface area contributed by atoms with Gasteiger partial charge in [0, 0.05) is 38.2 Å². The van der Waals surface area contributed by atoms with E-state index in [0.717, 1.165) is 6.42 Å². The fourth-order valence-corrected chi connectivity index (χ4v) is 2.50. The van der Waals surface area contributed by atoms with Crippen molar-refractivity contribution in [2.45, 2.75) is 58.9 Å². The highest BCUT2D eigenvalue weighted by molar-refractivity contribution is 5.94. The highest BCUT2D eigenvalue weighted by Gasteiger charge is 2.15. The van der Waals surface area contributed by atoms with Gasteiger partial charge in [-0.15, -0.1) is 0 Å². The van der Waals surface area contributed by atoms with E-state index >= 15 is 0 Å². The predicted molar refractivity (Wildman–Crippen MR) is 107 cm³/mol. The Kier molecular flexibility index (Phi) is 8.28. The summed E-state index contributed by atoms with van der Waals surface area (Å²) >= 11 is 0. The molecule has 3 N–H and O–H groups in total. The first-order valence-corrected chi connectivity index (χ1v) is 9.40. The standard InChI is InChI=1S/C21H35N3O2/c1-15(2)18(22)12-14-24(6)19(25)11-13-23-20(26)16-7-9-17(10-8-16)21(3,4)5/h7-10,15,18H,11-14,22H2,1-6H3,(H,23,26). The second kappa shape index (κ2) is 9.72. The van der Waals surface area contributed by atoms with Gasteiger partial charge in [0.25, 0.3) is 5.91 Å². The number of benzene rings is 1. The smallest absolute Gasteiger partial charge is 0.251 e. The zero-order valence-electron chi connectivity index (χ0n) is 17.1. The van der Waals surface area contributed by atoms with Crippen LogP contribution in [0.15, 0.2) is 24.3 Å². The highest BCUT2D eigenvalue weighted by Crippen LogP contribution is 2.22. The van der Waals surface area contributed by atoms with Crippen LogP contribution in [0.25, 0.3) is 0 Å². The maximum atomic E-state index is 12.2. The quantitative estimate of drug-likeness (QED) is 0.747. The molecule has 0 bridgehead atoms. The highest BCUT2D eigenvalue weighted by atomic mass is 16.2. The van der Waals surface area contributed by atoms with Gasteiger partial charge in [0.15, 0.2) is 0 Å². The first kappa shape index (κ1) is 22.2. The Hall–Kier alpha value is -1.88. The van der Waals surface area contributed by atoms with E-state index in [0.29, 0.717) is 31.0 Å². The van der Waals surface area contributed by atoms with Crippen LogP contribution in [0.2, 0.25) is 0 Å². The summed E-state index contributed by atoms with van der Waals surface area (Å²) in [5.74, 6) is 0.273. The number of nitrogens with one attached hydrogen (secondary N) is 1. The molecule has 1 unspecified atom stereocenters. The largest absolute Gasteiger partial charge is 0.352 e. The van der Waals surface area contributed by atoms with Gasteiger partial charge in [0.1, 0.15) is 0 Å². The molecule has 2 amide bonds. The summed E-state index contributed by atoms with van der Waals surface area (Å²) in [4.78, 5) is 26.0. The zero-order chi connectivity index (χ0) is 19.9. The molecular weight excluding hydrogens is 326 g/mol. The molecule has 1 rings (SSSR count). The molecule has 0 saturated heterocycles. The molecule has 0 saturated carbocycles. The molecule has 0 radical (unpaired) electrons. The number of hydrogen-bond acceptors (Lipinski definition) is 3. The summed E-state index contributed by atoms with van der Waals surface area (Å²) in [6, 6.07) is 7.72. The molecule has 0 heterocycles. The minimum atomic E-state index is -0.150.